The summed E-state index contributed by atoms with van der Waals surface area (Å²) in [5.41, 5.74) is 0.599. The predicted molar refractivity (Wildman–Crippen MR) is 58.3 cm³/mol. The van der Waals surface area contributed by atoms with Gasteiger partial charge in [-0.15, -0.1) is 0 Å². The van der Waals surface area contributed by atoms with Crippen molar-refractivity contribution in [2.24, 2.45) is 17.3 Å². The average Bonchev–Trinajstić information content (AvgIpc) is 2.79. The summed E-state index contributed by atoms with van der Waals surface area (Å²) < 4.78 is 5.58. The number of ether oxygens (including phenoxy) is 1. The van der Waals surface area contributed by atoms with E-state index in [4.69, 9.17) is 4.74 Å². The van der Waals surface area contributed by atoms with Crippen LogP contribution in [0.4, 0.5) is 0 Å². The van der Waals surface area contributed by atoms with Crippen molar-refractivity contribution in [3.05, 3.63) is 0 Å². The lowest BCUT2D eigenvalue weighted by Crippen LogP contribution is -2.27. The third kappa shape index (κ3) is 2.29. The highest BCUT2D eigenvalue weighted by molar-refractivity contribution is 5.04. The molecule has 14 heavy (non-hydrogen) atoms. The van der Waals surface area contributed by atoms with Crippen LogP contribution in [-0.4, -0.2) is 26.3 Å². The fourth-order valence-electron chi connectivity index (χ4n) is 2.62. The Bertz CT molecular complexity index is 185. The Balaban J connectivity index is 1.65. The second-order valence-electron chi connectivity index (χ2n) is 5.47. The van der Waals surface area contributed by atoms with Crippen molar-refractivity contribution in [2.45, 2.75) is 33.1 Å². The molecule has 2 nitrogen and oxygen atoms in total. The molecule has 1 heterocycles. The van der Waals surface area contributed by atoms with Crippen molar-refractivity contribution in [3.63, 3.8) is 0 Å². The fourth-order valence-corrected chi connectivity index (χ4v) is 2.62. The number of nitrogens with one attached hydrogen (secondary N) is 1. The van der Waals surface area contributed by atoms with E-state index in [0.717, 1.165) is 31.6 Å². The lowest BCUT2D eigenvalue weighted by molar-refractivity contribution is 0.0363. The van der Waals surface area contributed by atoms with E-state index in [-0.39, 0.29) is 0 Å². The molecular weight excluding hydrogens is 174 g/mol. The Morgan fingerprint density at radius 1 is 1.50 bits per heavy atom. The van der Waals surface area contributed by atoms with Gasteiger partial charge in [0.2, 0.25) is 0 Å². The molecule has 1 aliphatic carbocycles. The normalized spacial score (nSPS) is 36.6. The first kappa shape index (κ1) is 10.4. The first-order chi connectivity index (χ1) is 6.73. The molecule has 0 aromatic carbocycles. The van der Waals surface area contributed by atoms with E-state index >= 15 is 0 Å². The van der Waals surface area contributed by atoms with Gasteiger partial charge >= 0.3 is 0 Å². The largest absolute Gasteiger partial charge is 0.381 e. The first-order valence-corrected chi connectivity index (χ1v) is 6.01. The van der Waals surface area contributed by atoms with Crippen LogP contribution in [0.25, 0.3) is 0 Å². The molecule has 2 fully saturated rings. The summed E-state index contributed by atoms with van der Waals surface area (Å²) in [5, 5.41) is 3.56. The molecule has 2 rings (SSSR count). The molecule has 0 radical (unpaired) electrons. The molecule has 2 heteroatoms. The van der Waals surface area contributed by atoms with E-state index in [0.29, 0.717) is 5.41 Å². The number of hydrogen-bond donors (Lipinski definition) is 1. The van der Waals surface area contributed by atoms with Gasteiger partial charge in [-0.2, -0.15) is 0 Å². The molecule has 0 bridgehead atoms. The molecule has 1 N–H and O–H groups in total. The Morgan fingerprint density at radius 3 is 3.00 bits per heavy atom. The summed E-state index contributed by atoms with van der Waals surface area (Å²) in [6.45, 7) is 8.92. The van der Waals surface area contributed by atoms with E-state index in [1.807, 2.05) is 0 Å². The highest BCUT2D eigenvalue weighted by Crippen LogP contribution is 2.56. The second kappa shape index (κ2) is 4.19. The standard InChI is InChI=1S/C12H23NO/c1-10(2)7-13-8-11-6-12(11)4-3-5-14-9-12/h10-11,13H,3-9H2,1-2H3. The maximum absolute atomic E-state index is 5.58. The Kier molecular flexibility index (Phi) is 3.13. The van der Waals surface area contributed by atoms with Gasteiger partial charge in [0.15, 0.2) is 0 Å². The maximum Gasteiger partial charge on any atom is 0.0525 e. The van der Waals surface area contributed by atoms with E-state index in [2.05, 4.69) is 19.2 Å². The smallest absolute Gasteiger partial charge is 0.0525 e. The zero-order valence-electron chi connectivity index (χ0n) is 9.51. The van der Waals surface area contributed by atoms with Crippen LogP contribution in [-0.2, 0) is 4.74 Å². The lowest BCUT2D eigenvalue weighted by Gasteiger charge is -2.23. The third-order valence-corrected chi connectivity index (χ3v) is 3.66. The van der Waals surface area contributed by atoms with Crippen LogP contribution in [0.1, 0.15) is 33.1 Å². The number of rotatable bonds is 4. The van der Waals surface area contributed by atoms with Crippen LogP contribution < -0.4 is 5.32 Å². The van der Waals surface area contributed by atoms with Crippen LogP contribution in [0, 0.1) is 17.3 Å². The minimum atomic E-state index is 0.599. The van der Waals surface area contributed by atoms with Crippen molar-refractivity contribution in [1.82, 2.24) is 5.32 Å². The molecule has 1 saturated heterocycles. The van der Waals surface area contributed by atoms with Gasteiger partial charge in [-0.1, -0.05) is 13.8 Å². The molecule has 1 aliphatic heterocycles. The van der Waals surface area contributed by atoms with Crippen molar-refractivity contribution in [3.8, 4) is 0 Å². The fraction of sp³-hybridized carbons (Fsp3) is 1.00. The van der Waals surface area contributed by atoms with Crippen LogP contribution in [0.15, 0.2) is 0 Å². The maximum atomic E-state index is 5.58. The van der Waals surface area contributed by atoms with Crippen molar-refractivity contribution >= 4 is 0 Å². The summed E-state index contributed by atoms with van der Waals surface area (Å²) >= 11 is 0. The molecule has 82 valence electrons. The van der Waals surface area contributed by atoms with Crippen LogP contribution in [0.5, 0.6) is 0 Å². The molecule has 2 unspecified atom stereocenters. The molecule has 0 aromatic rings. The van der Waals surface area contributed by atoms with Gasteiger partial charge in [0, 0.05) is 6.61 Å². The van der Waals surface area contributed by atoms with E-state index < -0.39 is 0 Å². The lowest BCUT2D eigenvalue weighted by atomic mass is 9.96. The Labute approximate surface area is 87.4 Å². The summed E-state index contributed by atoms with van der Waals surface area (Å²) in [4.78, 5) is 0. The van der Waals surface area contributed by atoms with Crippen LogP contribution in [0.3, 0.4) is 0 Å². The molecule has 0 aromatic heterocycles. The van der Waals surface area contributed by atoms with Crippen molar-refractivity contribution < 1.29 is 4.74 Å². The quantitative estimate of drug-likeness (QED) is 0.745. The molecule has 2 atom stereocenters. The van der Waals surface area contributed by atoms with Gasteiger partial charge in [0.25, 0.3) is 0 Å². The average molecular weight is 197 g/mol. The van der Waals surface area contributed by atoms with E-state index in [1.165, 1.54) is 25.8 Å². The van der Waals surface area contributed by atoms with Crippen molar-refractivity contribution in [2.75, 3.05) is 26.3 Å². The second-order valence-corrected chi connectivity index (χ2v) is 5.47. The third-order valence-electron chi connectivity index (χ3n) is 3.66. The Hall–Kier alpha value is -0.0800. The minimum absolute atomic E-state index is 0.599. The molecule has 0 amide bonds. The molecule has 1 spiro atoms. The predicted octanol–water partition coefficient (Wildman–Crippen LogP) is 2.05. The summed E-state index contributed by atoms with van der Waals surface area (Å²) in [5.74, 6) is 1.67. The van der Waals surface area contributed by atoms with E-state index in [1.54, 1.807) is 0 Å². The van der Waals surface area contributed by atoms with Crippen molar-refractivity contribution in [1.29, 1.82) is 0 Å². The molecule has 2 aliphatic rings. The summed E-state index contributed by atoms with van der Waals surface area (Å²) in [6, 6.07) is 0. The molecular formula is C12H23NO. The monoisotopic (exact) mass is 197 g/mol. The van der Waals surface area contributed by atoms with Gasteiger partial charge < -0.3 is 10.1 Å². The SMILES string of the molecule is CC(C)CNCC1CC12CCCOC2. The molecule has 1 saturated carbocycles. The first-order valence-electron chi connectivity index (χ1n) is 6.01. The van der Waals surface area contributed by atoms with Crippen LogP contribution >= 0.6 is 0 Å². The van der Waals surface area contributed by atoms with E-state index in [9.17, 15) is 0 Å². The minimum Gasteiger partial charge on any atom is -0.381 e. The summed E-state index contributed by atoms with van der Waals surface area (Å²) in [6.07, 6.45) is 4.08. The van der Waals surface area contributed by atoms with Gasteiger partial charge in [-0.3, -0.25) is 0 Å². The topological polar surface area (TPSA) is 21.3 Å². The van der Waals surface area contributed by atoms with Gasteiger partial charge in [0.05, 0.1) is 6.61 Å². The van der Waals surface area contributed by atoms with Gasteiger partial charge in [0.1, 0.15) is 0 Å². The summed E-state index contributed by atoms with van der Waals surface area (Å²) in [7, 11) is 0. The highest BCUT2D eigenvalue weighted by Gasteiger charge is 2.53. The highest BCUT2D eigenvalue weighted by atomic mass is 16.5. The van der Waals surface area contributed by atoms with Gasteiger partial charge in [-0.05, 0) is 49.6 Å². The number of hydrogen-bond acceptors (Lipinski definition) is 2. The zero-order valence-corrected chi connectivity index (χ0v) is 9.51. The van der Waals surface area contributed by atoms with Crippen LogP contribution in [0.2, 0.25) is 0 Å². The van der Waals surface area contributed by atoms with Gasteiger partial charge in [-0.25, -0.2) is 0 Å². The zero-order chi connectivity index (χ0) is 10.0. The Morgan fingerprint density at radius 2 is 2.36 bits per heavy atom.